The molecule has 0 aliphatic heterocycles. The average molecular weight is 367 g/mol. The summed E-state index contributed by atoms with van der Waals surface area (Å²) in [6.07, 6.45) is -3.18. The van der Waals surface area contributed by atoms with Crippen molar-refractivity contribution >= 4 is 22.6 Å². The van der Waals surface area contributed by atoms with Crippen molar-refractivity contribution in [3.05, 3.63) is 51.6 Å². The summed E-state index contributed by atoms with van der Waals surface area (Å²) in [6.45, 7) is 0. The summed E-state index contributed by atoms with van der Waals surface area (Å²) in [5, 5.41) is 0. The van der Waals surface area contributed by atoms with Crippen LogP contribution in [0.4, 0.5) is 17.6 Å². The van der Waals surface area contributed by atoms with Crippen molar-refractivity contribution in [2.24, 2.45) is 0 Å². The molecular formula is C12H6F4IN. The van der Waals surface area contributed by atoms with E-state index in [0.717, 1.165) is 12.1 Å². The Bertz CT molecular complexity index is 581. The highest BCUT2D eigenvalue weighted by atomic mass is 127. The van der Waals surface area contributed by atoms with E-state index in [9.17, 15) is 17.6 Å². The van der Waals surface area contributed by atoms with Crippen molar-refractivity contribution < 1.29 is 17.6 Å². The lowest BCUT2D eigenvalue weighted by molar-refractivity contribution is -0.137. The van der Waals surface area contributed by atoms with E-state index < -0.39 is 17.7 Å². The van der Waals surface area contributed by atoms with Crippen LogP contribution < -0.4 is 0 Å². The number of halogens is 5. The van der Waals surface area contributed by atoms with Gasteiger partial charge in [-0.2, -0.15) is 17.6 Å². The number of rotatable bonds is 1. The summed E-state index contributed by atoms with van der Waals surface area (Å²) >= 11 is 1.74. The van der Waals surface area contributed by atoms with Gasteiger partial charge in [-0.15, -0.1) is 0 Å². The molecule has 0 aliphatic carbocycles. The highest BCUT2D eigenvalue weighted by Crippen LogP contribution is 2.32. The first kappa shape index (κ1) is 13.3. The lowest BCUT2D eigenvalue weighted by Crippen LogP contribution is -2.04. The number of alkyl halides is 3. The lowest BCUT2D eigenvalue weighted by Gasteiger charge is -2.09. The Hall–Kier alpha value is -1.18. The van der Waals surface area contributed by atoms with E-state index in [1.54, 1.807) is 22.6 Å². The molecule has 6 heteroatoms. The van der Waals surface area contributed by atoms with Gasteiger partial charge in [-0.05, 0) is 46.4 Å². The minimum absolute atomic E-state index is 0.266. The maximum atomic E-state index is 13.0. The van der Waals surface area contributed by atoms with E-state index in [0.29, 0.717) is 11.1 Å². The van der Waals surface area contributed by atoms with Gasteiger partial charge in [0.15, 0.2) is 0 Å². The molecule has 1 nitrogen and oxygen atoms in total. The second-order valence-corrected chi connectivity index (χ2v) is 4.74. The molecule has 0 aliphatic rings. The van der Waals surface area contributed by atoms with Gasteiger partial charge < -0.3 is 0 Å². The maximum Gasteiger partial charge on any atom is 0.416 e. The molecule has 0 bridgehead atoms. The highest BCUT2D eigenvalue weighted by molar-refractivity contribution is 14.1. The number of hydrogen-bond acceptors (Lipinski definition) is 1. The second-order valence-electron chi connectivity index (χ2n) is 3.58. The molecule has 0 unspecified atom stereocenters. The van der Waals surface area contributed by atoms with Gasteiger partial charge in [0.2, 0.25) is 5.95 Å². The van der Waals surface area contributed by atoms with Crippen LogP contribution in [0.3, 0.4) is 0 Å². The molecule has 1 heterocycles. The molecule has 2 aromatic rings. The van der Waals surface area contributed by atoms with Crippen LogP contribution in [0.25, 0.3) is 11.1 Å². The summed E-state index contributed by atoms with van der Waals surface area (Å²) in [5.41, 5.74) is 0.0708. The Morgan fingerprint density at radius 3 is 2.39 bits per heavy atom. The van der Waals surface area contributed by atoms with E-state index in [2.05, 4.69) is 4.98 Å². The van der Waals surface area contributed by atoms with E-state index in [1.165, 1.54) is 24.4 Å². The first-order valence-corrected chi connectivity index (χ1v) is 5.94. The fraction of sp³-hybridized carbons (Fsp3) is 0.0833. The van der Waals surface area contributed by atoms with Crippen LogP contribution in [0.1, 0.15) is 5.56 Å². The van der Waals surface area contributed by atoms with Crippen LogP contribution >= 0.6 is 22.6 Å². The summed E-state index contributed by atoms with van der Waals surface area (Å²) in [5.74, 6) is -0.633. The van der Waals surface area contributed by atoms with Gasteiger partial charge in [-0.3, -0.25) is 0 Å². The van der Waals surface area contributed by atoms with E-state index in [4.69, 9.17) is 0 Å². The molecule has 0 N–H and O–H groups in total. The van der Waals surface area contributed by atoms with E-state index in [-0.39, 0.29) is 3.57 Å². The van der Waals surface area contributed by atoms with E-state index in [1.807, 2.05) is 0 Å². The third-order valence-electron chi connectivity index (χ3n) is 2.32. The molecule has 0 fully saturated rings. The fourth-order valence-corrected chi connectivity index (χ4v) is 1.93. The van der Waals surface area contributed by atoms with Crippen LogP contribution in [0.2, 0.25) is 0 Å². The van der Waals surface area contributed by atoms with Gasteiger partial charge in [0.25, 0.3) is 0 Å². The van der Waals surface area contributed by atoms with Crippen LogP contribution in [-0.4, -0.2) is 4.98 Å². The minimum Gasteiger partial charge on any atom is -0.227 e. The van der Waals surface area contributed by atoms with Crippen molar-refractivity contribution in [1.29, 1.82) is 0 Å². The predicted molar refractivity (Wildman–Crippen MR) is 67.4 cm³/mol. The van der Waals surface area contributed by atoms with Crippen LogP contribution in [-0.2, 0) is 6.18 Å². The van der Waals surface area contributed by atoms with Crippen LogP contribution in [0, 0.1) is 9.52 Å². The lowest BCUT2D eigenvalue weighted by atomic mass is 10.0. The molecular weight excluding hydrogens is 361 g/mol. The molecule has 2 rings (SSSR count). The van der Waals surface area contributed by atoms with Gasteiger partial charge in [-0.1, -0.05) is 12.1 Å². The standard InChI is InChI=1S/C12H6F4IN/c13-11-10(17)5-8(6-18-11)7-2-1-3-9(4-7)12(14,15)16/h1-6H. The Morgan fingerprint density at radius 2 is 1.78 bits per heavy atom. The predicted octanol–water partition coefficient (Wildman–Crippen LogP) is 4.51. The summed E-state index contributed by atoms with van der Waals surface area (Å²) in [4.78, 5) is 3.49. The second kappa shape index (κ2) is 4.83. The Balaban J connectivity index is 2.48. The molecule has 1 aromatic heterocycles. The number of aromatic nitrogens is 1. The fourth-order valence-electron chi connectivity index (χ4n) is 1.45. The van der Waals surface area contributed by atoms with Crippen molar-refractivity contribution in [2.45, 2.75) is 6.18 Å². The molecule has 94 valence electrons. The quantitative estimate of drug-likeness (QED) is 0.411. The molecule has 18 heavy (non-hydrogen) atoms. The summed E-state index contributed by atoms with van der Waals surface area (Å²) in [6, 6.07) is 6.31. The Kier molecular flexibility index (Phi) is 3.56. The molecule has 0 saturated carbocycles. The number of nitrogens with zero attached hydrogens (tertiary/aromatic N) is 1. The maximum absolute atomic E-state index is 13.0. The van der Waals surface area contributed by atoms with Gasteiger partial charge in [0.1, 0.15) is 0 Å². The molecule has 0 atom stereocenters. The van der Waals surface area contributed by atoms with Crippen LogP contribution in [0.15, 0.2) is 36.5 Å². The molecule has 1 aromatic carbocycles. The number of benzene rings is 1. The smallest absolute Gasteiger partial charge is 0.227 e. The highest BCUT2D eigenvalue weighted by Gasteiger charge is 2.30. The average Bonchev–Trinajstić information content (AvgIpc) is 2.32. The van der Waals surface area contributed by atoms with Crippen molar-refractivity contribution in [3.63, 3.8) is 0 Å². The zero-order valence-electron chi connectivity index (χ0n) is 8.80. The molecule has 0 radical (unpaired) electrons. The van der Waals surface area contributed by atoms with Crippen LogP contribution in [0.5, 0.6) is 0 Å². The van der Waals surface area contributed by atoms with Gasteiger partial charge >= 0.3 is 6.18 Å². The topological polar surface area (TPSA) is 12.9 Å². The minimum atomic E-state index is -4.39. The summed E-state index contributed by atoms with van der Waals surface area (Å²) in [7, 11) is 0. The van der Waals surface area contributed by atoms with Gasteiger partial charge in [0, 0.05) is 11.8 Å². The molecule has 0 amide bonds. The normalized spacial score (nSPS) is 11.6. The third kappa shape index (κ3) is 2.80. The SMILES string of the molecule is Fc1ncc(-c2cccc(C(F)(F)F)c2)cc1I. The van der Waals surface area contributed by atoms with E-state index >= 15 is 0 Å². The monoisotopic (exact) mass is 367 g/mol. The summed E-state index contributed by atoms with van der Waals surface area (Å²) < 4.78 is 50.9. The van der Waals surface area contributed by atoms with Gasteiger partial charge in [0.05, 0.1) is 9.13 Å². The largest absolute Gasteiger partial charge is 0.416 e. The zero-order valence-corrected chi connectivity index (χ0v) is 11.0. The van der Waals surface area contributed by atoms with Gasteiger partial charge in [-0.25, -0.2) is 4.98 Å². The Labute approximate surface area is 114 Å². The number of hydrogen-bond donors (Lipinski definition) is 0. The Morgan fingerprint density at radius 1 is 1.06 bits per heavy atom. The first-order chi connectivity index (χ1) is 8.38. The number of pyridine rings is 1. The molecule has 0 spiro atoms. The first-order valence-electron chi connectivity index (χ1n) is 4.86. The van der Waals surface area contributed by atoms with Crippen molar-refractivity contribution in [1.82, 2.24) is 4.98 Å². The molecule has 0 saturated heterocycles. The third-order valence-corrected chi connectivity index (χ3v) is 3.08. The van der Waals surface area contributed by atoms with Crippen molar-refractivity contribution in [2.75, 3.05) is 0 Å². The van der Waals surface area contributed by atoms with Crippen molar-refractivity contribution in [3.8, 4) is 11.1 Å². The zero-order chi connectivity index (χ0) is 13.3.